The van der Waals surface area contributed by atoms with Gasteiger partial charge < -0.3 is 15.3 Å². The summed E-state index contributed by atoms with van der Waals surface area (Å²) in [6.45, 7) is 3.95. The Bertz CT molecular complexity index is 1080. The first-order valence-electron chi connectivity index (χ1n) is 9.30. The molecule has 152 valence electrons. The standard InChI is InChI=1S/C23H20BrN3O3/c1-14-10-17(15(2)27(14)21-8-6-16(7-9-21)23(29)30)11-18(13-25)22(28)26-20-5-3-4-19(24)12-20/h3-12,15,17H,1-2H3,(H,26,28)(H,29,30). The number of aromatic carboxylic acids is 1. The number of halogens is 1. The zero-order chi connectivity index (χ0) is 21.8. The predicted octanol–water partition coefficient (Wildman–Crippen LogP) is 4.96. The highest BCUT2D eigenvalue weighted by Gasteiger charge is 2.30. The molecular formula is C23H20BrN3O3. The first-order chi connectivity index (χ1) is 14.3. The molecule has 0 fully saturated rings. The minimum absolute atomic E-state index is 0.0392. The number of nitrogens with zero attached hydrogens (tertiary/aromatic N) is 2. The van der Waals surface area contributed by atoms with Gasteiger partial charge >= 0.3 is 5.97 Å². The molecule has 0 saturated carbocycles. The third kappa shape index (κ3) is 4.61. The molecular weight excluding hydrogens is 446 g/mol. The first kappa shape index (κ1) is 21.3. The van der Waals surface area contributed by atoms with Gasteiger partial charge in [0.05, 0.1) is 5.56 Å². The van der Waals surface area contributed by atoms with Crippen LogP contribution in [0.4, 0.5) is 11.4 Å². The maximum Gasteiger partial charge on any atom is 0.335 e. The Kier molecular flexibility index (Phi) is 6.38. The molecule has 1 amide bonds. The number of allylic oxidation sites excluding steroid dienone is 1. The number of nitrogens with one attached hydrogen (secondary N) is 1. The number of nitriles is 1. The van der Waals surface area contributed by atoms with E-state index in [1.165, 1.54) is 0 Å². The van der Waals surface area contributed by atoms with Gasteiger partial charge in [-0.15, -0.1) is 0 Å². The van der Waals surface area contributed by atoms with E-state index >= 15 is 0 Å². The predicted molar refractivity (Wildman–Crippen MR) is 119 cm³/mol. The topological polar surface area (TPSA) is 93.4 Å². The lowest BCUT2D eigenvalue weighted by Gasteiger charge is -2.28. The van der Waals surface area contributed by atoms with E-state index in [9.17, 15) is 14.9 Å². The largest absolute Gasteiger partial charge is 0.478 e. The number of carboxylic acids is 1. The number of carboxylic acid groups (broad SMARTS) is 1. The molecule has 2 unspecified atom stereocenters. The number of carbonyl (C=O) groups excluding carboxylic acids is 1. The van der Waals surface area contributed by atoms with E-state index in [0.29, 0.717) is 5.69 Å². The SMILES string of the molecule is CC1=CC(C=C(C#N)C(=O)Nc2cccc(Br)c2)C(C)N1c1ccc(C(=O)O)cc1. The Balaban J connectivity index is 1.79. The lowest BCUT2D eigenvalue weighted by molar-refractivity contribution is -0.112. The monoisotopic (exact) mass is 465 g/mol. The molecule has 2 aromatic rings. The molecule has 2 atom stereocenters. The van der Waals surface area contributed by atoms with Gasteiger partial charge in [-0.05, 0) is 56.3 Å². The van der Waals surface area contributed by atoms with Crippen molar-refractivity contribution in [2.45, 2.75) is 19.9 Å². The summed E-state index contributed by atoms with van der Waals surface area (Å²) in [6.07, 6.45) is 3.67. The summed E-state index contributed by atoms with van der Waals surface area (Å²) in [5.41, 5.74) is 2.69. The van der Waals surface area contributed by atoms with E-state index in [1.54, 1.807) is 48.5 Å². The molecule has 1 heterocycles. The Hall–Kier alpha value is -3.37. The van der Waals surface area contributed by atoms with Crippen LogP contribution < -0.4 is 10.2 Å². The second kappa shape index (κ2) is 8.97. The number of amides is 1. The van der Waals surface area contributed by atoms with Crippen LogP contribution in [0.25, 0.3) is 0 Å². The summed E-state index contributed by atoms with van der Waals surface area (Å²) >= 11 is 3.36. The van der Waals surface area contributed by atoms with Gasteiger partial charge in [0, 0.05) is 33.5 Å². The van der Waals surface area contributed by atoms with Crippen LogP contribution in [-0.4, -0.2) is 23.0 Å². The molecule has 6 nitrogen and oxygen atoms in total. The molecule has 0 aromatic heterocycles. The van der Waals surface area contributed by atoms with Crippen molar-refractivity contribution in [3.63, 3.8) is 0 Å². The van der Waals surface area contributed by atoms with Crippen LogP contribution in [0, 0.1) is 17.2 Å². The third-order valence-corrected chi connectivity index (χ3v) is 5.47. The second-order valence-corrected chi connectivity index (χ2v) is 7.92. The van der Waals surface area contributed by atoms with Gasteiger partial charge in [-0.3, -0.25) is 4.79 Å². The number of hydrogen-bond donors (Lipinski definition) is 2. The van der Waals surface area contributed by atoms with E-state index < -0.39 is 11.9 Å². The first-order valence-corrected chi connectivity index (χ1v) is 10.1. The van der Waals surface area contributed by atoms with Gasteiger partial charge in [0.25, 0.3) is 5.91 Å². The van der Waals surface area contributed by atoms with Gasteiger partial charge in [-0.2, -0.15) is 5.26 Å². The number of hydrogen-bond acceptors (Lipinski definition) is 4. The summed E-state index contributed by atoms with van der Waals surface area (Å²) in [7, 11) is 0. The Morgan fingerprint density at radius 1 is 1.23 bits per heavy atom. The highest BCUT2D eigenvalue weighted by Crippen LogP contribution is 2.34. The molecule has 30 heavy (non-hydrogen) atoms. The van der Waals surface area contributed by atoms with Crippen molar-refractivity contribution in [1.82, 2.24) is 0 Å². The minimum atomic E-state index is -0.973. The fourth-order valence-corrected chi connectivity index (χ4v) is 3.90. The van der Waals surface area contributed by atoms with Crippen molar-refractivity contribution >= 4 is 39.2 Å². The normalized spacial score (nSPS) is 18.5. The van der Waals surface area contributed by atoms with Crippen LogP contribution in [0.1, 0.15) is 24.2 Å². The van der Waals surface area contributed by atoms with Crippen LogP contribution in [0.3, 0.4) is 0 Å². The summed E-state index contributed by atoms with van der Waals surface area (Å²) in [5.74, 6) is -1.58. The highest BCUT2D eigenvalue weighted by molar-refractivity contribution is 9.10. The maximum absolute atomic E-state index is 12.6. The third-order valence-electron chi connectivity index (χ3n) is 4.98. The second-order valence-electron chi connectivity index (χ2n) is 7.00. The fourth-order valence-electron chi connectivity index (χ4n) is 3.50. The smallest absolute Gasteiger partial charge is 0.335 e. The minimum Gasteiger partial charge on any atom is -0.478 e. The summed E-state index contributed by atoms with van der Waals surface area (Å²) in [4.78, 5) is 25.7. The zero-order valence-electron chi connectivity index (χ0n) is 16.5. The van der Waals surface area contributed by atoms with E-state index in [1.807, 2.05) is 32.1 Å². The summed E-state index contributed by atoms with van der Waals surface area (Å²) in [6, 6.07) is 15.8. The summed E-state index contributed by atoms with van der Waals surface area (Å²) in [5, 5.41) is 21.4. The molecule has 0 spiro atoms. The Morgan fingerprint density at radius 2 is 1.93 bits per heavy atom. The molecule has 0 bridgehead atoms. The molecule has 7 heteroatoms. The molecule has 1 aliphatic rings. The van der Waals surface area contributed by atoms with Crippen LogP contribution >= 0.6 is 15.9 Å². The van der Waals surface area contributed by atoms with E-state index in [0.717, 1.165) is 15.9 Å². The summed E-state index contributed by atoms with van der Waals surface area (Å²) < 4.78 is 0.829. The Morgan fingerprint density at radius 3 is 2.53 bits per heavy atom. The number of carbonyl (C=O) groups is 2. The van der Waals surface area contributed by atoms with Crippen LogP contribution in [-0.2, 0) is 4.79 Å². The van der Waals surface area contributed by atoms with Crippen molar-refractivity contribution in [3.8, 4) is 6.07 Å². The van der Waals surface area contributed by atoms with E-state index in [-0.39, 0.29) is 23.1 Å². The number of rotatable bonds is 5. The fraction of sp³-hybridized carbons (Fsp3) is 0.174. The van der Waals surface area contributed by atoms with Crippen molar-refractivity contribution in [2.75, 3.05) is 10.2 Å². The van der Waals surface area contributed by atoms with Crippen LogP contribution in [0.2, 0.25) is 0 Å². The van der Waals surface area contributed by atoms with Crippen molar-refractivity contribution in [1.29, 1.82) is 5.26 Å². The average Bonchev–Trinajstić information content (AvgIpc) is 2.99. The van der Waals surface area contributed by atoms with Crippen molar-refractivity contribution < 1.29 is 14.7 Å². The number of anilines is 2. The van der Waals surface area contributed by atoms with E-state index in [2.05, 4.69) is 26.1 Å². The molecule has 2 aromatic carbocycles. The van der Waals surface area contributed by atoms with Gasteiger partial charge in [-0.25, -0.2) is 4.79 Å². The Labute approximate surface area is 183 Å². The lowest BCUT2D eigenvalue weighted by atomic mass is 9.99. The van der Waals surface area contributed by atoms with E-state index in [4.69, 9.17) is 5.11 Å². The van der Waals surface area contributed by atoms with Gasteiger partial charge in [0.1, 0.15) is 11.6 Å². The van der Waals surface area contributed by atoms with Crippen molar-refractivity contribution in [2.24, 2.45) is 5.92 Å². The molecule has 2 N–H and O–H groups in total. The maximum atomic E-state index is 12.6. The van der Waals surface area contributed by atoms with Gasteiger partial charge in [-0.1, -0.05) is 34.1 Å². The molecule has 3 rings (SSSR count). The lowest BCUT2D eigenvalue weighted by Crippen LogP contribution is -2.30. The highest BCUT2D eigenvalue weighted by atomic mass is 79.9. The quantitative estimate of drug-likeness (QED) is 0.480. The van der Waals surface area contributed by atoms with Crippen LogP contribution in [0.5, 0.6) is 0 Å². The van der Waals surface area contributed by atoms with Crippen LogP contribution in [0.15, 0.2) is 76.4 Å². The zero-order valence-corrected chi connectivity index (χ0v) is 18.1. The van der Waals surface area contributed by atoms with Gasteiger partial charge in [0.15, 0.2) is 0 Å². The number of benzene rings is 2. The molecule has 1 aliphatic heterocycles. The molecule has 0 radical (unpaired) electrons. The molecule has 0 saturated heterocycles. The average molecular weight is 466 g/mol. The molecule has 0 aliphatic carbocycles. The van der Waals surface area contributed by atoms with Gasteiger partial charge in [0.2, 0.25) is 0 Å². The van der Waals surface area contributed by atoms with Crippen molar-refractivity contribution in [3.05, 3.63) is 82.0 Å².